The minimum absolute atomic E-state index is 0.0273. The highest BCUT2D eigenvalue weighted by Crippen LogP contribution is 2.21. The average molecular weight is 364 g/mol. The van der Waals surface area contributed by atoms with Crippen molar-refractivity contribution in [2.75, 3.05) is 13.3 Å². The fourth-order valence-corrected chi connectivity index (χ4v) is 2.91. The summed E-state index contributed by atoms with van der Waals surface area (Å²) in [5.41, 5.74) is 2.92. The smallest absolute Gasteiger partial charge is 0.255 e. The highest BCUT2D eigenvalue weighted by molar-refractivity contribution is 9.10. The number of carbonyl (C=O) groups is 1. The van der Waals surface area contributed by atoms with E-state index >= 15 is 0 Å². The van der Waals surface area contributed by atoms with E-state index in [0.29, 0.717) is 12.1 Å². The quantitative estimate of drug-likeness (QED) is 0.730. The number of nitrogens with zero attached hydrogens (tertiary/aromatic N) is 1. The third kappa shape index (κ3) is 4.11. The van der Waals surface area contributed by atoms with E-state index in [1.165, 1.54) is 4.90 Å². The predicted molar refractivity (Wildman–Crippen MR) is 92.9 cm³/mol. The molecule has 0 N–H and O–H groups in total. The first-order valence-corrected chi connectivity index (χ1v) is 8.67. The van der Waals surface area contributed by atoms with Crippen molar-refractivity contribution in [2.24, 2.45) is 0 Å². The summed E-state index contributed by atoms with van der Waals surface area (Å²) in [4.78, 5) is 15.5. The molecule has 0 aliphatic heterocycles. The molecule has 0 aliphatic rings. The van der Waals surface area contributed by atoms with E-state index in [1.807, 2.05) is 32.2 Å². The van der Waals surface area contributed by atoms with E-state index in [9.17, 15) is 4.79 Å². The minimum Gasteiger partial charge on any atom is -0.337 e. The number of rotatable bonds is 4. The summed E-state index contributed by atoms with van der Waals surface area (Å²) in [6.45, 7) is 2.60. The maximum absolute atomic E-state index is 12.5. The van der Waals surface area contributed by atoms with E-state index in [4.69, 9.17) is 0 Å². The van der Waals surface area contributed by atoms with Gasteiger partial charge < -0.3 is 4.90 Å². The summed E-state index contributed by atoms with van der Waals surface area (Å²) in [6, 6.07) is 14.1. The fourth-order valence-electron chi connectivity index (χ4n) is 2.09. The SMILES string of the molecule is CSc1ccc(CN(C)C(=O)c2cc(C)ccc2Br)cc1. The van der Waals surface area contributed by atoms with Crippen molar-refractivity contribution in [1.82, 2.24) is 4.90 Å². The molecule has 2 aromatic rings. The van der Waals surface area contributed by atoms with Crippen molar-refractivity contribution in [3.63, 3.8) is 0 Å². The number of halogens is 1. The second-order valence-electron chi connectivity index (χ2n) is 4.99. The number of hydrogen-bond acceptors (Lipinski definition) is 2. The lowest BCUT2D eigenvalue weighted by Crippen LogP contribution is -2.26. The molecule has 0 bridgehead atoms. The van der Waals surface area contributed by atoms with Crippen molar-refractivity contribution in [1.29, 1.82) is 0 Å². The van der Waals surface area contributed by atoms with E-state index in [1.54, 1.807) is 16.7 Å². The van der Waals surface area contributed by atoms with Gasteiger partial charge in [0.15, 0.2) is 0 Å². The van der Waals surface area contributed by atoms with Gasteiger partial charge in [-0.1, -0.05) is 23.8 Å². The summed E-state index contributed by atoms with van der Waals surface area (Å²) >= 11 is 5.17. The molecule has 0 unspecified atom stereocenters. The number of carbonyl (C=O) groups excluding carboxylic acids is 1. The van der Waals surface area contributed by atoms with Crippen LogP contribution in [0.3, 0.4) is 0 Å². The van der Waals surface area contributed by atoms with Crippen molar-refractivity contribution >= 4 is 33.6 Å². The third-order valence-corrected chi connectivity index (χ3v) is 4.71. The van der Waals surface area contributed by atoms with Crippen LogP contribution in [0.5, 0.6) is 0 Å². The van der Waals surface area contributed by atoms with E-state index in [-0.39, 0.29) is 5.91 Å². The van der Waals surface area contributed by atoms with Gasteiger partial charge in [0.2, 0.25) is 0 Å². The topological polar surface area (TPSA) is 20.3 Å². The summed E-state index contributed by atoms with van der Waals surface area (Å²) < 4.78 is 0.836. The van der Waals surface area contributed by atoms with E-state index in [0.717, 1.165) is 15.6 Å². The molecule has 21 heavy (non-hydrogen) atoms. The standard InChI is InChI=1S/C17H18BrNOS/c1-12-4-9-16(18)15(10-12)17(20)19(2)11-13-5-7-14(21-3)8-6-13/h4-10H,11H2,1-3H3. The molecule has 4 heteroatoms. The first-order chi connectivity index (χ1) is 10.0. The molecular formula is C17H18BrNOS. The van der Waals surface area contributed by atoms with Crippen LogP contribution in [0.1, 0.15) is 21.5 Å². The van der Waals surface area contributed by atoms with E-state index in [2.05, 4.69) is 46.5 Å². The van der Waals surface area contributed by atoms with Crippen molar-refractivity contribution in [3.8, 4) is 0 Å². The molecule has 1 amide bonds. The Morgan fingerprint density at radius 2 is 1.86 bits per heavy atom. The zero-order valence-electron chi connectivity index (χ0n) is 12.4. The highest BCUT2D eigenvalue weighted by Gasteiger charge is 2.15. The summed E-state index contributed by atoms with van der Waals surface area (Å²) in [6.07, 6.45) is 2.06. The largest absolute Gasteiger partial charge is 0.337 e. The van der Waals surface area contributed by atoms with Crippen LogP contribution in [0.4, 0.5) is 0 Å². The van der Waals surface area contributed by atoms with Crippen LogP contribution in [0.25, 0.3) is 0 Å². The molecule has 0 fully saturated rings. The third-order valence-electron chi connectivity index (χ3n) is 3.28. The molecule has 2 aromatic carbocycles. The Kier molecular flexibility index (Phi) is 5.48. The Morgan fingerprint density at radius 3 is 2.48 bits per heavy atom. The first kappa shape index (κ1) is 16.1. The minimum atomic E-state index is 0.0273. The number of aryl methyl sites for hydroxylation is 1. The van der Waals surface area contributed by atoms with Crippen LogP contribution in [-0.4, -0.2) is 24.1 Å². The van der Waals surface area contributed by atoms with Gasteiger partial charge in [0.05, 0.1) is 5.56 Å². The normalized spacial score (nSPS) is 10.5. The zero-order chi connectivity index (χ0) is 15.4. The molecule has 0 saturated carbocycles. The van der Waals surface area contributed by atoms with Gasteiger partial charge in [0.25, 0.3) is 5.91 Å². The lowest BCUT2D eigenvalue weighted by atomic mass is 10.1. The van der Waals surface area contributed by atoms with Crippen LogP contribution in [-0.2, 0) is 6.54 Å². The molecule has 0 atom stereocenters. The van der Waals surface area contributed by atoms with E-state index < -0.39 is 0 Å². The van der Waals surface area contributed by atoms with Gasteiger partial charge in [-0.15, -0.1) is 11.8 Å². The van der Waals surface area contributed by atoms with Crippen molar-refractivity contribution < 1.29 is 4.79 Å². The Hall–Kier alpha value is -1.26. The molecule has 0 radical (unpaired) electrons. The molecule has 0 spiro atoms. The predicted octanol–water partition coefficient (Wildman–Crippen LogP) is 4.75. The van der Waals surface area contributed by atoms with Gasteiger partial charge in [0, 0.05) is 23.0 Å². The zero-order valence-corrected chi connectivity index (χ0v) is 14.8. The van der Waals surface area contributed by atoms with Crippen LogP contribution in [0.15, 0.2) is 51.8 Å². The van der Waals surface area contributed by atoms with Gasteiger partial charge in [-0.25, -0.2) is 0 Å². The van der Waals surface area contributed by atoms with Gasteiger partial charge >= 0.3 is 0 Å². The van der Waals surface area contributed by atoms with Gasteiger partial charge in [-0.3, -0.25) is 4.79 Å². The molecule has 2 nitrogen and oxygen atoms in total. The van der Waals surface area contributed by atoms with Crippen LogP contribution in [0.2, 0.25) is 0 Å². The molecule has 0 saturated heterocycles. The molecule has 2 rings (SSSR count). The summed E-state index contributed by atoms with van der Waals surface area (Å²) in [7, 11) is 1.83. The number of thioether (sulfide) groups is 1. The van der Waals surface area contributed by atoms with Gasteiger partial charge in [-0.05, 0) is 58.9 Å². The van der Waals surface area contributed by atoms with Crippen molar-refractivity contribution in [3.05, 3.63) is 63.6 Å². The van der Waals surface area contributed by atoms with Crippen LogP contribution >= 0.6 is 27.7 Å². The molecule has 0 aromatic heterocycles. The molecule has 110 valence electrons. The second kappa shape index (κ2) is 7.14. The molecular weight excluding hydrogens is 346 g/mol. The summed E-state index contributed by atoms with van der Waals surface area (Å²) in [5.74, 6) is 0.0273. The fraction of sp³-hybridized carbons (Fsp3) is 0.235. The number of benzene rings is 2. The number of hydrogen-bond donors (Lipinski definition) is 0. The molecule has 0 aliphatic carbocycles. The Bertz CT molecular complexity index is 640. The Morgan fingerprint density at radius 1 is 1.19 bits per heavy atom. The monoisotopic (exact) mass is 363 g/mol. The Balaban J connectivity index is 2.13. The lowest BCUT2D eigenvalue weighted by Gasteiger charge is -2.18. The average Bonchev–Trinajstić information content (AvgIpc) is 2.49. The number of amides is 1. The van der Waals surface area contributed by atoms with Gasteiger partial charge in [-0.2, -0.15) is 0 Å². The second-order valence-corrected chi connectivity index (χ2v) is 6.73. The highest BCUT2D eigenvalue weighted by atomic mass is 79.9. The van der Waals surface area contributed by atoms with Gasteiger partial charge in [0.1, 0.15) is 0 Å². The maximum atomic E-state index is 12.5. The van der Waals surface area contributed by atoms with Crippen LogP contribution < -0.4 is 0 Å². The lowest BCUT2D eigenvalue weighted by molar-refractivity contribution is 0.0784. The summed E-state index contributed by atoms with van der Waals surface area (Å²) in [5, 5.41) is 0. The maximum Gasteiger partial charge on any atom is 0.255 e. The van der Waals surface area contributed by atoms with Crippen LogP contribution in [0, 0.1) is 6.92 Å². The Labute approximate surface area is 138 Å². The van der Waals surface area contributed by atoms with Crippen molar-refractivity contribution in [2.45, 2.75) is 18.4 Å². The molecule has 0 heterocycles. The first-order valence-electron chi connectivity index (χ1n) is 6.66.